The fourth-order valence-corrected chi connectivity index (χ4v) is 2.99. The molecule has 0 spiro atoms. The molecule has 0 fully saturated rings. The van der Waals surface area contributed by atoms with Gasteiger partial charge in [0.15, 0.2) is 0 Å². The van der Waals surface area contributed by atoms with Crippen molar-refractivity contribution >= 4 is 5.71 Å². The third-order valence-electron chi connectivity index (χ3n) is 4.64. The molecule has 0 amide bonds. The number of aromatic nitrogens is 2. The number of ether oxygens (including phenoxy) is 1. The highest BCUT2D eigenvalue weighted by Gasteiger charge is 2.10. The molecule has 1 aromatic carbocycles. The molecule has 3 rings (SSSR count). The zero-order chi connectivity index (χ0) is 19.8. The van der Waals surface area contributed by atoms with Crippen LogP contribution in [-0.4, -0.2) is 22.1 Å². The Bertz CT molecular complexity index is 888. The van der Waals surface area contributed by atoms with E-state index in [0.29, 0.717) is 12.5 Å². The second kappa shape index (κ2) is 9.74. The van der Waals surface area contributed by atoms with E-state index in [0.717, 1.165) is 24.2 Å². The van der Waals surface area contributed by atoms with Crippen LogP contribution in [0.4, 0.5) is 0 Å². The molecule has 5 nitrogen and oxygen atoms in total. The number of hydrogen-bond donors (Lipinski definition) is 1. The summed E-state index contributed by atoms with van der Waals surface area (Å²) in [6, 6.07) is 8.61. The molecule has 1 N–H and O–H groups in total. The van der Waals surface area contributed by atoms with E-state index in [1.165, 1.54) is 16.8 Å². The van der Waals surface area contributed by atoms with Gasteiger partial charge in [-0.25, -0.2) is 0 Å². The zero-order valence-electron chi connectivity index (χ0n) is 16.8. The molecule has 1 aromatic heterocycles. The molecule has 1 unspecified atom stereocenters. The van der Waals surface area contributed by atoms with Crippen LogP contribution in [0.3, 0.4) is 0 Å². The molecule has 0 aliphatic carbocycles. The molecule has 28 heavy (non-hydrogen) atoms. The highest BCUT2D eigenvalue weighted by Crippen LogP contribution is 2.20. The van der Waals surface area contributed by atoms with Crippen LogP contribution in [-0.2, 0) is 18.3 Å². The van der Waals surface area contributed by atoms with E-state index in [1.54, 1.807) is 6.26 Å². The van der Waals surface area contributed by atoms with Gasteiger partial charge in [0.05, 0.1) is 24.8 Å². The molecule has 5 heteroatoms. The van der Waals surface area contributed by atoms with Gasteiger partial charge in [-0.2, -0.15) is 5.10 Å². The summed E-state index contributed by atoms with van der Waals surface area (Å²) in [5, 5.41) is 7.83. The van der Waals surface area contributed by atoms with Crippen LogP contribution >= 0.6 is 0 Å². The van der Waals surface area contributed by atoms with Crippen LogP contribution in [0, 0.1) is 5.92 Å². The maximum Gasteiger partial charge on any atom is 0.0850 e. The minimum Gasteiger partial charge on any atom is -0.501 e. The summed E-state index contributed by atoms with van der Waals surface area (Å²) in [5.41, 5.74) is 5.61. The fraction of sp³-hybridized carbons (Fsp3) is 0.304. The van der Waals surface area contributed by atoms with Gasteiger partial charge < -0.3 is 10.1 Å². The van der Waals surface area contributed by atoms with Crippen molar-refractivity contribution in [2.24, 2.45) is 18.0 Å². The molecule has 1 atom stereocenters. The van der Waals surface area contributed by atoms with Gasteiger partial charge in [-0.15, -0.1) is 0 Å². The largest absolute Gasteiger partial charge is 0.501 e. The molecule has 0 saturated carbocycles. The molecular weight excluding hydrogens is 348 g/mol. The Morgan fingerprint density at radius 2 is 2.07 bits per heavy atom. The third kappa shape index (κ3) is 5.46. The van der Waals surface area contributed by atoms with Crippen molar-refractivity contribution < 1.29 is 4.74 Å². The number of benzene rings is 1. The smallest absolute Gasteiger partial charge is 0.0850 e. The first-order valence-electron chi connectivity index (χ1n) is 9.70. The first-order valence-corrected chi connectivity index (χ1v) is 9.70. The van der Waals surface area contributed by atoms with Crippen LogP contribution in [0.5, 0.6) is 0 Å². The summed E-state index contributed by atoms with van der Waals surface area (Å²) in [5.74, 6) is 0.400. The minimum atomic E-state index is 0.400. The number of rotatable bonds is 7. The molecule has 146 valence electrons. The lowest BCUT2D eigenvalue weighted by Gasteiger charge is -2.18. The topological polar surface area (TPSA) is 51.4 Å². The average molecular weight is 377 g/mol. The predicted octanol–water partition coefficient (Wildman–Crippen LogP) is 4.61. The summed E-state index contributed by atoms with van der Waals surface area (Å²) in [6.45, 7) is 5.62. The molecule has 0 saturated heterocycles. The monoisotopic (exact) mass is 376 g/mol. The van der Waals surface area contributed by atoms with Gasteiger partial charge in [0.1, 0.15) is 0 Å². The van der Waals surface area contributed by atoms with E-state index in [4.69, 9.17) is 4.74 Å². The molecule has 2 aromatic rings. The third-order valence-corrected chi connectivity index (χ3v) is 4.64. The quantitative estimate of drug-likeness (QED) is 0.718. The van der Waals surface area contributed by atoms with Crippen molar-refractivity contribution in [3.8, 4) is 11.1 Å². The van der Waals surface area contributed by atoms with Crippen molar-refractivity contribution in [1.82, 2.24) is 15.1 Å². The van der Waals surface area contributed by atoms with Gasteiger partial charge in [0, 0.05) is 37.2 Å². The van der Waals surface area contributed by atoms with Gasteiger partial charge in [0.25, 0.3) is 0 Å². The van der Waals surface area contributed by atoms with E-state index in [2.05, 4.69) is 58.7 Å². The Balaban J connectivity index is 1.68. The zero-order valence-corrected chi connectivity index (χ0v) is 16.8. The second-order valence-corrected chi connectivity index (χ2v) is 6.89. The molecule has 0 bridgehead atoms. The van der Waals surface area contributed by atoms with Crippen molar-refractivity contribution in [1.29, 1.82) is 0 Å². The average Bonchev–Trinajstić information content (AvgIpc) is 3.13. The number of nitrogens with one attached hydrogen (secondary N) is 1. The molecule has 1 aliphatic heterocycles. The van der Waals surface area contributed by atoms with Crippen LogP contribution in [0.25, 0.3) is 11.1 Å². The van der Waals surface area contributed by atoms with E-state index in [9.17, 15) is 0 Å². The standard InChI is InChI=1S/C23H28N4O/c1-4-28-13-11-22-14-23(18(2)6-5-12-24-22)25-15-19-7-9-20(10-8-19)21-16-26-27(3)17-21/h5,7-14,16-18,25H,4,6,15H2,1-3H3/b12-5+,13-11+,23-14+,24-22-. The van der Waals surface area contributed by atoms with Gasteiger partial charge in [-0.3, -0.25) is 9.67 Å². The number of allylic oxidation sites excluding steroid dienone is 4. The van der Waals surface area contributed by atoms with Crippen LogP contribution in [0.15, 0.2) is 78.0 Å². The molecule has 0 radical (unpaired) electrons. The first-order chi connectivity index (χ1) is 13.7. The summed E-state index contributed by atoms with van der Waals surface area (Å²) >= 11 is 0. The maximum absolute atomic E-state index is 5.31. The normalized spacial score (nSPS) is 21.9. The van der Waals surface area contributed by atoms with E-state index in [-0.39, 0.29) is 0 Å². The van der Waals surface area contributed by atoms with E-state index < -0.39 is 0 Å². The molecule has 1 aliphatic rings. The van der Waals surface area contributed by atoms with Crippen molar-refractivity contribution in [2.45, 2.75) is 26.8 Å². The number of aryl methyl sites for hydroxylation is 1. The lowest BCUT2D eigenvalue weighted by molar-refractivity contribution is 0.270. The Morgan fingerprint density at radius 1 is 1.25 bits per heavy atom. The lowest BCUT2D eigenvalue weighted by Crippen LogP contribution is -2.20. The van der Waals surface area contributed by atoms with Gasteiger partial charge >= 0.3 is 0 Å². The highest BCUT2D eigenvalue weighted by atomic mass is 16.5. The number of nitrogens with zero attached hydrogens (tertiary/aromatic N) is 3. The Kier molecular flexibility index (Phi) is 6.84. The number of aliphatic imine (C=N–C) groups is 1. The fourth-order valence-electron chi connectivity index (χ4n) is 2.99. The summed E-state index contributed by atoms with van der Waals surface area (Å²) in [7, 11) is 1.93. The van der Waals surface area contributed by atoms with Gasteiger partial charge in [-0.05, 0) is 42.5 Å². The first kappa shape index (κ1) is 19.7. The minimum absolute atomic E-state index is 0.400. The summed E-state index contributed by atoms with van der Waals surface area (Å²) < 4.78 is 7.13. The Labute approximate surface area is 167 Å². The molecule has 2 heterocycles. The lowest BCUT2D eigenvalue weighted by atomic mass is 10.0. The number of hydrogen-bond acceptors (Lipinski definition) is 4. The second-order valence-electron chi connectivity index (χ2n) is 6.89. The van der Waals surface area contributed by atoms with Crippen molar-refractivity contribution in [3.05, 3.63) is 78.6 Å². The summed E-state index contributed by atoms with van der Waals surface area (Å²) in [4.78, 5) is 4.49. The maximum atomic E-state index is 5.31. The predicted molar refractivity (Wildman–Crippen MR) is 115 cm³/mol. The van der Waals surface area contributed by atoms with Crippen molar-refractivity contribution in [3.63, 3.8) is 0 Å². The van der Waals surface area contributed by atoms with Crippen LogP contribution in [0.1, 0.15) is 25.8 Å². The highest BCUT2D eigenvalue weighted by molar-refractivity contribution is 6.04. The SMILES string of the molecule is CCO/C=C/C1=N/C=C/CC(C)/C(NCc2ccc(-c3cnn(C)c3)cc2)=C\1. The van der Waals surface area contributed by atoms with Crippen molar-refractivity contribution in [2.75, 3.05) is 6.61 Å². The van der Waals surface area contributed by atoms with Gasteiger partial charge in [-0.1, -0.05) is 37.3 Å². The van der Waals surface area contributed by atoms with Gasteiger partial charge in [0.2, 0.25) is 0 Å². The van der Waals surface area contributed by atoms with E-state index >= 15 is 0 Å². The summed E-state index contributed by atoms with van der Waals surface area (Å²) in [6.07, 6.45) is 14.6. The molecular formula is C23H28N4O. The van der Waals surface area contributed by atoms with Crippen LogP contribution < -0.4 is 5.32 Å². The Hall–Kier alpha value is -3.08. The van der Waals surface area contributed by atoms with Crippen LogP contribution in [0.2, 0.25) is 0 Å². The Morgan fingerprint density at radius 3 is 2.79 bits per heavy atom. The van der Waals surface area contributed by atoms with E-state index in [1.807, 2.05) is 43.3 Å².